The first kappa shape index (κ1) is 22.5. The molecule has 0 saturated heterocycles. The van der Waals surface area contributed by atoms with Gasteiger partial charge in [-0.2, -0.15) is 18.3 Å². The molecule has 1 aromatic heterocycles. The summed E-state index contributed by atoms with van der Waals surface area (Å²) < 4.78 is 48.8. The second-order valence-electron chi connectivity index (χ2n) is 6.53. The summed E-state index contributed by atoms with van der Waals surface area (Å²) in [7, 11) is 1.28. The first-order chi connectivity index (χ1) is 15.1. The zero-order chi connectivity index (χ0) is 23.5. The van der Waals surface area contributed by atoms with Crippen LogP contribution >= 0.6 is 0 Å². The van der Waals surface area contributed by atoms with Crippen LogP contribution in [0.25, 0.3) is 11.3 Å². The summed E-state index contributed by atoms with van der Waals surface area (Å²) in [6.45, 7) is 1.74. The normalized spacial score (nSPS) is 11.5. The number of rotatable bonds is 6. The molecular weight excluding hydrogens is 431 g/mol. The Balaban J connectivity index is 1.81. The fourth-order valence-electron chi connectivity index (χ4n) is 2.92. The van der Waals surface area contributed by atoms with Crippen LogP contribution in [-0.2, 0) is 10.9 Å². The van der Waals surface area contributed by atoms with Crippen molar-refractivity contribution < 1.29 is 32.0 Å². The van der Waals surface area contributed by atoms with Crippen molar-refractivity contribution in [3.05, 3.63) is 81.1 Å². The number of carbonyl (C=O) groups excluding carboxylic acids is 1. The molecule has 3 rings (SSSR count). The van der Waals surface area contributed by atoms with Crippen molar-refractivity contribution in [1.29, 1.82) is 0 Å². The Kier molecular flexibility index (Phi) is 6.28. The molecular formula is C21H16F3N3O5. The smallest absolute Gasteiger partial charge is 0.416 e. The van der Waals surface area contributed by atoms with E-state index in [4.69, 9.17) is 9.15 Å². The number of benzene rings is 2. The number of methoxy groups -OCH3 is 1. The third-order valence-electron chi connectivity index (χ3n) is 4.53. The molecule has 0 spiro atoms. The highest BCUT2D eigenvalue weighted by molar-refractivity contribution is 5.93. The fraction of sp³-hybridized carbons (Fsp3) is 0.143. The summed E-state index contributed by atoms with van der Waals surface area (Å²) in [5, 5.41) is 14.9. The van der Waals surface area contributed by atoms with E-state index in [2.05, 4.69) is 10.5 Å². The number of hydrogen-bond acceptors (Lipinski definition) is 7. The second kappa shape index (κ2) is 8.92. The van der Waals surface area contributed by atoms with Crippen molar-refractivity contribution in [2.24, 2.45) is 5.10 Å². The summed E-state index contributed by atoms with van der Waals surface area (Å²) in [4.78, 5) is 22.0. The summed E-state index contributed by atoms with van der Waals surface area (Å²) in [5.74, 6) is 0.222. The Morgan fingerprint density at radius 2 is 1.97 bits per heavy atom. The van der Waals surface area contributed by atoms with E-state index in [1.165, 1.54) is 13.3 Å². The minimum atomic E-state index is -4.71. The van der Waals surface area contributed by atoms with Gasteiger partial charge in [-0.15, -0.1) is 0 Å². The average Bonchev–Trinajstić information content (AvgIpc) is 3.21. The number of furan rings is 1. The molecule has 1 heterocycles. The topological polar surface area (TPSA) is 107 Å². The molecule has 0 amide bonds. The minimum Gasteiger partial charge on any atom is -0.465 e. The van der Waals surface area contributed by atoms with Gasteiger partial charge in [-0.3, -0.25) is 15.5 Å². The van der Waals surface area contributed by atoms with Crippen LogP contribution in [0.5, 0.6) is 0 Å². The number of hydrogen-bond donors (Lipinski definition) is 1. The Bertz CT molecular complexity index is 1200. The molecule has 0 unspecified atom stereocenters. The molecule has 0 saturated carbocycles. The van der Waals surface area contributed by atoms with Crippen LogP contribution in [0.3, 0.4) is 0 Å². The molecule has 11 heteroatoms. The van der Waals surface area contributed by atoms with Crippen LogP contribution in [0.15, 0.2) is 58.0 Å². The molecule has 8 nitrogen and oxygen atoms in total. The summed E-state index contributed by atoms with van der Waals surface area (Å²) in [6.07, 6.45) is -3.50. The van der Waals surface area contributed by atoms with Gasteiger partial charge in [-0.25, -0.2) is 4.79 Å². The fourth-order valence-corrected chi connectivity index (χ4v) is 2.92. The first-order valence-electron chi connectivity index (χ1n) is 9.04. The highest BCUT2D eigenvalue weighted by Gasteiger charge is 2.33. The molecule has 32 heavy (non-hydrogen) atoms. The van der Waals surface area contributed by atoms with Gasteiger partial charge in [0.1, 0.15) is 17.2 Å². The molecule has 166 valence electrons. The van der Waals surface area contributed by atoms with Crippen LogP contribution in [-0.4, -0.2) is 24.2 Å². The number of nitrogens with one attached hydrogen (secondary N) is 1. The van der Waals surface area contributed by atoms with Gasteiger partial charge < -0.3 is 9.15 Å². The Labute approximate surface area is 179 Å². The monoisotopic (exact) mass is 447 g/mol. The number of carbonyl (C=O) groups is 1. The summed E-state index contributed by atoms with van der Waals surface area (Å²) in [5.41, 5.74) is 1.91. The second-order valence-corrected chi connectivity index (χ2v) is 6.53. The Morgan fingerprint density at radius 1 is 1.22 bits per heavy atom. The predicted octanol–water partition coefficient (Wildman–Crippen LogP) is 5.41. The molecule has 3 aromatic rings. The Morgan fingerprint density at radius 3 is 2.62 bits per heavy atom. The SMILES string of the molecule is COC(=O)c1cccc(-c2ccc(/C=N\Nc3ccc(C(F)(F)F)cc3[N+](=O)[O-])o2)c1C. The largest absolute Gasteiger partial charge is 0.465 e. The van der Waals surface area contributed by atoms with E-state index in [-0.39, 0.29) is 11.4 Å². The van der Waals surface area contributed by atoms with E-state index >= 15 is 0 Å². The van der Waals surface area contributed by atoms with Gasteiger partial charge in [0.2, 0.25) is 0 Å². The molecule has 1 N–H and O–H groups in total. The molecule has 0 bridgehead atoms. The van der Waals surface area contributed by atoms with E-state index < -0.39 is 28.3 Å². The maximum atomic E-state index is 12.8. The van der Waals surface area contributed by atoms with E-state index in [0.717, 1.165) is 6.07 Å². The number of alkyl halides is 3. The van der Waals surface area contributed by atoms with Crippen LogP contribution < -0.4 is 5.43 Å². The molecule has 0 atom stereocenters. The third kappa shape index (κ3) is 4.77. The molecule has 0 aliphatic rings. The number of halogens is 3. The lowest BCUT2D eigenvalue weighted by Gasteiger charge is -2.08. The lowest BCUT2D eigenvalue weighted by molar-refractivity contribution is -0.384. The standard InChI is InChI=1S/C21H16F3N3O5/c1-12-15(4-3-5-16(12)20(28)31-2)19-9-7-14(32-19)11-25-26-17-8-6-13(21(22,23)24)10-18(17)27(29)30/h3-11,26H,1-2H3/b25-11-. The number of hydrazone groups is 1. The maximum absolute atomic E-state index is 12.8. The molecule has 0 aliphatic carbocycles. The summed E-state index contributed by atoms with van der Waals surface area (Å²) >= 11 is 0. The molecule has 0 radical (unpaired) electrons. The number of anilines is 1. The van der Waals surface area contributed by atoms with E-state index in [1.54, 1.807) is 37.3 Å². The van der Waals surface area contributed by atoms with Crippen molar-refractivity contribution in [1.82, 2.24) is 0 Å². The van der Waals surface area contributed by atoms with Crippen molar-refractivity contribution in [3.63, 3.8) is 0 Å². The minimum absolute atomic E-state index is 0.215. The highest BCUT2D eigenvalue weighted by atomic mass is 19.4. The number of nitrogens with zero attached hydrogens (tertiary/aromatic N) is 2. The predicted molar refractivity (Wildman–Crippen MR) is 110 cm³/mol. The quantitative estimate of drug-likeness (QED) is 0.234. The molecule has 0 aliphatic heterocycles. The zero-order valence-corrected chi connectivity index (χ0v) is 16.8. The molecule has 2 aromatic carbocycles. The maximum Gasteiger partial charge on any atom is 0.416 e. The number of ether oxygens (including phenoxy) is 1. The number of nitro benzene ring substituents is 1. The number of nitro groups is 1. The highest BCUT2D eigenvalue weighted by Crippen LogP contribution is 2.35. The van der Waals surface area contributed by atoms with Crippen molar-refractivity contribution >= 4 is 23.6 Å². The number of esters is 1. The first-order valence-corrected chi connectivity index (χ1v) is 9.04. The van der Waals surface area contributed by atoms with E-state index in [9.17, 15) is 28.1 Å². The van der Waals surface area contributed by atoms with Gasteiger partial charge >= 0.3 is 12.1 Å². The van der Waals surface area contributed by atoms with Gasteiger partial charge in [0, 0.05) is 11.6 Å². The summed E-state index contributed by atoms with van der Waals surface area (Å²) in [6, 6.07) is 10.3. The van der Waals surface area contributed by atoms with Crippen molar-refractivity contribution in [2.45, 2.75) is 13.1 Å². The van der Waals surface area contributed by atoms with Crippen LogP contribution in [0.1, 0.15) is 27.2 Å². The lowest BCUT2D eigenvalue weighted by Crippen LogP contribution is -2.06. The third-order valence-corrected chi connectivity index (χ3v) is 4.53. The van der Waals surface area contributed by atoms with Crippen molar-refractivity contribution in [3.8, 4) is 11.3 Å². The zero-order valence-electron chi connectivity index (χ0n) is 16.8. The van der Waals surface area contributed by atoms with E-state index in [0.29, 0.717) is 34.6 Å². The lowest BCUT2D eigenvalue weighted by atomic mass is 10.0. The van der Waals surface area contributed by atoms with Gasteiger partial charge in [0.25, 0.3) is 5.69 Å². The van der Waals surface area contributed by atoms with Gasteiger partial charge in [-0.1, -0.05) is 12.1 Å². The van der Waals surface area contributed by atoms with E-state index in [1.807, 2.05) is 0 Å². The average molecular weight is 447 g/mol. The van der Waals surface area contributed by atoms with Crippen molar-refractivity contribution in [2.75, 3.05) is 12.5 Å². The van der Waals surface area contributed by atoms with Crippen LogP contribution in [0.4, 0.5) is 24.5 Å². The van der Waals surface area contributed by atoms with Crippen LogP contribution in [0, 0.1) is 17.0 Å². The van der Waals surface area contributed by atoms with Gasteiger partial charge in [-0.05, 0) is 42.8 Å². The van der Waals surface area contributed by atoms with Gasteiger partial charge in [0.05, 0.1) is 29.4 Å². The van der Waals surface area contributed by atoms with Gasteiger partial charge in [0.15, 0.2) is 0 Å². The van der Waals surface area contributed by atoms with Crippen LogP contribution in [0.2, 0.25) is 0 Å². The Hall–Kier alpha value is -4.15. The molecule has 0 fully saturated rings.